The molecule has 0 bridgehead atoms. The maximum atomic E-state index is 9.78. The van der Waals surface area contributed by atoms with Crippen LogP contribution in [0.2, 0.25) is 0 Å². The molecule has 1 aromatic carbocycles. The van der Waals surface area contributed by atoms with E-state index in [1.54, 1.807) is 0 Å². The quantitative estimate of drug-likeness (QED) is 0.753. The molecular formula is C12H18BrNO2. The summed E-state index contributed by atoms with van der Waals surface area (Å²) >= 11 is 3.28. The lowest BCUT2D eigenvalue weighted by Gasteiger charge is -2.16. The first kappa shape index (κ1) is 13.5. The Morgan fingerprint density at radius 3 is 2.81 bits per heavy atom. The van der Waals surface area contributed by atoms with Crippen LogP contribution in [0.4, 0.5) is 0 Å². The molecule has 3 nitrogen and oxygen atoms in total. The number of para-hydroxylation sites is 1. The highest BCUT2D eigenvalue weighted by Gasteiger charge is 2.08. The van der Waals surface area contributed by atoms with E-state index in [4.69, 9.17) is 5.11 Å². The van der Waals surface area contributed by atoms with E-state index in [1.807, 2.05) is 18.2 Å². The van der Waals surface area contributed by atoms with Gasteiger partial charge in [0, 0.05) is 24.8 Å². The van der Waals surface area contributed by atoms with Crippen LogP contribution >= 0.6 is 15.9 Å². The Kier molecular flexibility index (Phi) is 5.80. The van der Waals surface area contributed by atoms with Gasteiger partial charge in [-0.25, -0.2) is 0 Å². The largest absolute Gasteiger partial charge is 0.506 e. The van der Waals surface area contributed by atoms with Gasteiger partial charge in [-0.15, -0.1) is 0 Å². The lowest BCUT2D eigenvalue weighted by molar-refractivity contribution is 0.261. The van der Waals surface area contributed by atoms with Crippen molar-refractivity contribution < 1.29 is 10.2 Å². The van der Waals surface area contributed by atoms with Crippen molar-refractivity contribution >= 4 is 15.9 Å². The zero-order chi connectivity index (χ0) is 12.0. The molecule has 90 valence electrons. The van der Waals surface area contributed by atoms with Gasteiger partial charge in [-0.1, -0.05) is 19.1 Å². The molecule has 0 aliphatic heterocycles. The Labute approximate surface area is 105 Å². The summed E-state index contributed by atoms with van der Waals surface area (Å²) in [7, 11) is 0. The second-order valence-electron chi connectivity index (χ2n) is 3.75. The van der Waals surface area contributed by atoms with Crippen molar-refractivity contribution in [1.82, 2.24) is 5.32 Å². The number of hydrogen-bond acceptors (Lipinski definition) is 3. The maximum absolute atomic E-state index is 9.78. The van der Waals surface area contributed by atoms with Crippen LogP contribution in [0, 0.1) is 0 Å². The number of aromatic hydroxyl groups is 1. The van der Waals surface area contributed by atoms with Gasteiger partial charge in [0.2, 0.25) is 0 Å². The van der Waals surface area contributed by atoms with Crippen LogP contribution in [0.3, 0.4) is 0 Å². The minimum atomic E-state index is 0.190. The van der Waals surface area contributed by atoms with Crippen molar-refractivity contribution in [3.05, 3.63) is 28.2 Å². The van der Waals surface area contributed by atoms with E-state index in [2.05, 4.69) is 28.2 Å². The fourth-order valence-corrected chi connectivity index (χ4v) is 1.97. The van der Waals surface area contributed by atoms with Crippen molar-refractivity contribution in [2.45, 2.75) is 32.4 Å². The molecule has 3 N–H and O–H groups in total. The Hall–Kier alpha value is -0.580. The first-order chi connectivity index (χ1) is 7.69. The number of nitrogens with one attached hydrogen (secondary N) is 1. The van der Waals surface area contributed by atoms with E-state index in [0.29, 0.717) is 17.1 Å². The lowest BCUT2D eigenvalue weighted by atomic mass is 10.1. The van der Waals surface area contributed by atoms with Gasteiger partial charge >= 0.3 is 0 Å². The third-order valence-corrected chi connectivity index (χ3v) is 3.26. The van der Waals surface area contributed by atoms with E-state index in [-0.39, 0.29) is 12.4 Å². The predicted molar refractivity (Wildman–Crippen MR) is 68.4 cm³/mol. The molecule has 0 saturated carbocycles. The number of phenolic OH excluding ortho intramolecular Hbond substituents is 1. The summed E-state index contributed by atoms with van der Waals surface area (Å²) in [6, 6.07) is 5.89. The first-order valence-electron chi connectivity index (χ1n) is 5.49. The van der Waals surface area contributed by atoms with Crippen molar-refractivity contribution in [2.24, 2.45) is 0 Å². The highest BCUT2D eigenvalue weighted by molar-refractivity contribution is 9.10. The van der Waals surface area contributed by atoms with E-state index >= 15 is 0 Å². The molecule has 0 fully saturated rings. The number of hydrogen-bond donors (Lipinski definition) is 3. The van der Waals surface area contributed by atoms with Crippen molar-refractivity contribution in [3.8, 4) is 5.75 Å². The zero-order valence-corrected chi connectivity index (χ0v) is 11.0. The van der Waals surface area contributed by atoms with E-state index in [1.165, 1.54) is 0 Å². The summed E-state index contributed by atoms with van der Waals surface area (Å²) in [5, 5.41) is 22.0. The second kappa shape index (κ2) is 6.89. The molecule has 1 aromatic rings. The van der Waals surface area contributed by atoms with E-state index in [9.17, 15) is 5.11 Å². The topological polar surface area (TPSA) is 52.5 Å². The maximum Gasteiger partial charge on any atom is 0.134 e. The van der Waals surface area contributed by atoms with Crippen LogP contribution in [0.1, 0.15) is 25.3 Å². The van der Waals surface area contributed by atoms with E-state index < -0.39 is 0 Å². The molecular weight excluding hydrogens is 270 g/mol. The normalized spacial score (nSPS) is 12.7. The highest BCUT2D eigenvalue weighted by atomic mass is 79.9. The Balaban J connectivity index is 2.56. The van der Waals surface area contributed by atoms with Crippen molar-refractivity contribution in [1.29, 1.82) is 0 Å². The molecule has 0 heterocycles. The number of phenols is 1. The van der Waals surface area contributed by atoms with Gasteiger partial charge in [0.15, 0.2) is 0 Å². The summed E-state index contributed by atoms with van der Waals surface area (Å²) in [5.74, 6) is 0.286. The Morgan fingerprint density at radius 2 is 2.19 bits per heavy atom. The number of aliphatic hydroxyl groups is 1. The molecule has 0 aromatic heterocycles. The standard InChI is InChI=1S/C12H18BrNO2/c1-2-10(6-7-15)14-8-9-4-3-5-11(13)12(9)16/h3-5,10,14-16H,2,6-8H2,1H3. The zero-order valence-electron chi connectivity index (χ0n) is 9.41. The summed E-state index contributed by atoms with van der Waals surface area (Å²) < 4.78 is 0.710. The van der Waals surface area contributed by atoms with Crippen molar-refractivity contribution in [2.75, 3.05) is 6.61 Å². The molecule has 0 amide bonds. The predicted octanol–water partition coefficient (Wildman–Crippen LogP) is 2.41. The number of aliphatic hydroxyl groups excluding tert-OH is 1. The Bertz CT molecular complexity index is 331. The molecule has 1 rings (SSSR count). The van der Waals surface area contributed by atoms with Gasteiger partial charge in [0.25, 0.3) is 0 Å². The van der Waals surface area contributed by atoms with Crippen molar-refractivity contribution in [3.63, 3.8) is 0 Å². The average Bonchev–Trinajstić information content (AvgIpc) is 2.29. The van der Waals surface area contributed by atoms with Gasteiger partial charge in [-0.05, 0) is 34.8 Å². The number of rotatable bonds is 6. The molecule has 0 spiro atoms. The molecule has 1 atom stereocenters. The molecule has 0 radical (unpaired) electrons. The summed E-state index contributed by atoms with van der Waals surface area (Å²) in [6.45, 7) is 2.88. The molecule has 1 unspecified atom stereocenters. The SMILES string of the molecule is CCC(CCO)NCc1cccc(Br)c1O. The highest BCUT2D eigenvalue weighted by Crippen LogP contribution is 2.27. The second-order valence-corrected chi connectivity index (χ2v) is 4.60. The van der Waals surface area contributed by atoms with Crippen LogP contribution in [0.25, 0.3) is 0 Å². The van der Waals surface area contributed by atoms with Gasteiger partial charge in [0.05, 0.1) is 4.47 Å². The minimum absolute atomic E-state index is 0.190. The summed E-state index contributed by atoms with van der Waals surface area (Å²) in [4.78, 5) is 0. The molecule has 0 saturated heterocycles. The van der Waals surface area contributed by atoms with E-state index in [0.717, 1.165) is 18.4 Å². The van der Waals surface area contributed by atoms with Gasteiger partial charge in [0.1, 0.15) is 5.75 Å². The number of benzene rings is 1. The molecule has 16 heavy (non-hydrogen) atoms. The minimum Gasteiger partial charge on any atom is -0.506 e. The molecule has 0 aliphatic carbocycles. The fraction of sp³-hybridized carbons (Fsp3) is 0.500. The number of halogens is 1. The van der Waals surface area contributed by atoms with Crippen LogP contribution in [-0.2, 0) is 6.54 Å². The van der Waals surface area contributed by atoms with Crippen LogP contribution in [0.5, 0.6) is 5.75 Å². The molecule has 0 aliphatic rings. The van der Waals surface area contributed by atoms with Crippen LogP contribution in [-0.4, -0.2) is 22.9 Å². The smallest absolute Gasteiger partial charge is 0.134 e. The van der Waals surface area contributed by atoms with Crippen LogP contribution in [0.15, 0.2) is 22.7 Å². The molecule has 4 heteroatoms. The summed E-state index contributed by atoms with van der Waals surface area (Å²) in [6.07, 6.45) is 1.71. The van der Waals surface area contributed by atoms with Crippen LogP contribution < -0.4 is 5.32 Å². The average molecular weight is 288 g/mol. The first-order valence-corrected chi connectivity index (χ1v) is 6.29. The fourth-order valence-electron chi connectivity index (χ4n) is 1.56. The monoisotopic (exact) mass is 287 g/mol. The van der Waals surface area contributed by atoms with Gasteiger partial charge in [-0.2, -0.15) is 0 Å². The van der Waals surface area contributed by atoms with Gasteiger partial charge < -0.3 is 15.5 Å². The lowest BCUT2D eigenvalue weighted by Crippen LogP contribution is -2.28. The summed E-state index contributed by atoms with van der Waals surface area (Å²) in [5.41, 5.74) is 0.866. The third-order valence-electron chi connectivity index (χ3n) is 2.62. The third kappa shape index (κ3) is 3.77. The Morgan fingerprint density at radius 1 is 1.44 bits per heavy atom. The van der Waals surface area contributed by atoms with Gasteiger partial charge in [-0.3, -0.25) is 0 Å².